The Morgan fingerprint density at radius 3 is 2.54 bits per heavy atom. The number of piperidine rings is 1. The van der Waals surface area contributed by atoms with Crippen LogP contribution < -0.4 is 10.1 Å². The number of nitrogens with zero attached hydrogens (tertiary/aromatic N) is 2. The van der Waals surface area contributed by atoms with Gasteiger partial charge in [0.05, 0.1) is 13.3 Å². The summed E-state index contributed by atoms with van der Waals surface area (Å²) in [6, 6.07) is 7.19. The van der Waals surface area contributed by atoms with Gasteiger partial charge in [0, 0.05) is 24.7 Å². The lowest BCUT2D eigenvalue weighted by Crippen LogP contribution is -2.45. The third-order valence-electron chi connectivity index (χ3n) is 4.16. The van der Waals surface area contributed by atoms with E-state index in [-0.39, 0.29) is 25.0 Å². The summed E-state index contributed by atoms with van der Waals surface area (Å²) in [7, 11) is -3.07. The number of halogens is 1. The lowest BCUT2D eigenvalue weighted by Gasteiger charge is -2.28. The van der Waals surface area contributed by atoms with Crippen LogP contribution in [0.4, 0.5) is 3.89 Å². The van der Waals surface area contributed by atoms with E-state index in [0.717, 1.165) is 20.6 Å². The monoisotopic (exact) mass is 399 g/mol. The third kappa shape index (κ3) is 4.37. The van der Waals surface area contributed by atoms with Gasteiger partial charge in [0.15, 0.2) is 0 Å². The van der Waals surface area contributed by atoms with Gasteiger partial charge < -0.3 is 10.1 Å². The van der Waals surface area contributed by atoms with Crippen molar-refractivity contribution in [2.45, 2.75) is 18.9 Å². The molecule has 7 nitrogen and oxygen atoms in total. The molecule has 26 heavy (non-hydrogen) atoms. The molecule has 0 aliphatic carbocycles. The Kier molecular flexibility index (Phi) is 5.54. The van der Waals surface area contributed by atoms with Gasteiger partial charge in [-0.25, -0.2) is 4.98 Å². The standard InChI is InChI=1S/C16H18FN3O4S2/c1-24-13-4-2-11(3-5-13)16-18-10-14(25-16)15(21)19-12-6-8-20(9-7-12)26(17,22)23/h2-5,10,12H,6-9H2,1H3,(H,19,21). The fraction of sp³-hybridized carbons (Fsp3) is 0.375. The van der Waals surface area contributed by atoms with Gasteiger partial charge in [-0.05, 0) is 37.1 Å². The van der Waals surface area contributed by atoms with Gasteiger partial charge in [0.2, 0.25) is 0 Å². The summed E-state index contributed by atoms with van der Waals surface area (Å²) in [6.07, 6.45) is 2.26. The highest BCUT2D eigenvalue weighted by atomic mass is 32.3. The van der Waals surface area contributed by atoms with Crippen molar-refractivity contribution in [2.75, 3.05) is 20.2 Å². The highest BCUT2D eigenvalue weighted by Crippen LogP contribution is 2.27. The molecule has 0 radical (unpaired) electrons. The molecule has 1 aromatic carbocycles. The molecular formula is C16H18FN3O4S2. The molecular weight excluding hydrogens is 381 g/mol. The molecule has 1 aliphatic rings. The van der Waals surface area contributed by atoms with E-state index in [2.05, 4.69) is 10.3 Å². The molecule has 0 spiro atoms. The normalized spacial score (nSPS) is 16.4. The Balaban J connectivity index is 1.60. The number of benzene rings is 1. The molecule has 3 rings (SSSR count). The first kappa shape index (κ1) is 18.7. The summed E-state index contributed by atoms with van der Waals surface area (Å²) in [5, 5.41) is 3.58. The van der Waals surface area contributed by atoms with E-state index in [4.69, 9.17) is 4.74 Å². The quantitative estimate of drug-likeness (QED) is 0.779. The van der Waals surface area contributed by atoms with Crippen molar-refractivity contribution in [3.63, 3.8) is 0 Å². The van der Waals surface area contributed by atoms with Crippen LogP contribution in [0.2, 0.25) is 0 Å². The van der Waals surface area contributed by atoms with Crippen LogP contribution in [-0.2, 0) is 10.4 Å². The molecule has 1 fully saturated rings. The summed E-state index contributed by atoms with van der Waals surface area (Å²) in [4.78, 5) is 17.1. The Labute approximate surface area is 155 Å². The zero-order chi connectivity index (χ0) is 18.7. The maximum Gasteiger partial charge on any atom is 0.374 e. The van der Waals surface area contributed by atoms with Crippen LogP contribution in [0, 0.1) is 0 Å². The minimum absolute atomic E-state index is 0.0591. The van der Waals surface area contributed by atoms with Crippen molar-refractivity contribution in [1.82, 2.24) is 14.6 Å². The average Bonchev–Trinajstić information content (AvgIpc) is 3.12. The predicted octanol–water partition coefficient (Wildman–Crippen LogP) is 2.23. The fourth-order valence-electron chi connectivity index (χ4n) is 2.72. The summed E-state index contributed by atoms with van der Waals surface area (Å²) in [5.74, 6) is 0.480. The molecule has 140 valence electrons. The van der Waals surface area contributed by atoms with E-state index in [1.54, 1.807) is 7.11 Å². The Morgan fingerprint density at radius 2 is 1.96 bits per heavy atom. The first-order valence-corrected chi connectivity index (χ1v) is 10.1. The van der Waals surface area contributed by atoms with Crippen LogP contribution in [-0.4, -0.2) is 49.9 Å². The molecule has 0 unspecified atom stereocenters. The molecule has 0 bridgehead atoms. The molecule has 0 atom stereocenters. The van der Waals surface area contributed by atoms with E-state index < -0.39 is 10.4 Å². The van der Waals surface area contributed by atoms with Gasteiger partial charge in [0.1, 0.15) is 15.6 Å². The molecule has 2 heterocycles. The topological polar surface area (TPSA) is 88.6 Å². The number of carbonyl (C=O) groups excluding carboxylic acids is 1. The zero-order valence-corrected chi connectivity index (χ0v) is 15.6. The largest absolute Gasteiger partial charge is 0.497 e. The molecule has 2 aromatic rings. The van der Waals surface area contributed by atoms with Gasteiger partial charge in [0.25, 0.3) is 5.91 Å². The van der Waals surface area contributed by atoms with E-state index in [1.165, 1.54) is 17.5 Å². The number of amides is 1. The number of hydrogen-bond donors (Lipinski definition) is 1. The smallest absolute Gasteiger partial charge is 0.374 e. The van der Waals surface area contributed by atoms with Crippen molar-refractivity contribution >= 4 is 27.7 Å². The summed E-state index contributed by atoms with van der Waals surface area (Å²) < 4.78 is 40.6. The second kappa shape index (κ2) is 7.68. The van der Waals surface area contributed by atoms with E-state index in [0.29, 0.717) is 17.7 Å². The number of hydrogen-bond acceptors (Lipinski definition) is 6. The van der Waals surface area contributed by atoms with E-state index in [1.807, 2.05) is 24.3 Å². The maximum absolute atomic E-state index is 12.9. The first-order chi connectivity index (χ1) is 12.4. The van der Waals surface area contributed by atoms with Crippen LogP contribution in [0.5, 0.6) is 5.75 Å². The second-order valence-corrected chi connectivity index (χ2v) is 8.22. The zero-order valence-electron chi connectivity index (χ0n) is 14.0. The Bertz CT molecular complexity index is 875. The molecule has 0 saturated carbocycles. The van der Waals surface area contributed by atoms with Crippen LogP contribution in [0.15, 0.2) is 30.5 Å². The second-order valence-electron chi connectivity index (χ2n) is 5.85. The highest BCUT2D eigenvalue weighted by molar-refractivity contribution is 7.83. The van der Waals surface area contributed by atoms with Gasteiger partial charge >= 0.3 is 10.4 Å². The molecule has 1 N–H and O–H groups in total. The third-order valence-corrected chi connectivity index (χ3v) is 6.19. The molecule has 10 heteroatoms. The van der Waals surface area contributed by atoms with Crippen molar-refractivity contribution in [3.8, 4) is 16.3 Å². The highest BCUT2D eigenvalue weighted by Gasteiger charge is 2.28. The van der Waals surface area contributed by atoms with Crippen molar-refractivity contribution < 1.29 is 21.8 Å². The number of thiazole rings is 1. The van der Waals surface area contributed by atoms with Crippen molar-refractivity contribution in [2.24, 2.45) is 0 Å². The predicted molar refractivity (Wildman–Crippen MR) is 96.2 cm³/mol. The Hall–Kier alpha value is -2.04. The van der Waals surface area contributed by atoms with E-state index in [9.17, 15) is 17.1 Å². The number of ether oxygens (including phenoxy) is 1. The van der Waals surface area contributed by atoms with Gasteiger partial charge in [-0.3, -0.25) is 4.79 Å². The molecule has 1 saturated heterocycles. The van der Waals surface area contributed by atoms with E-state index >= 15 is 0 Å². The van der Waals surface area contributed by atoms with Crippen molar-refractivity contribution in [1.29, 1.82) is 0 Å². The maximum atomic E-state index is 12.9. The summed E-state index contributed by atoms with van der Waals surface area (Å²) in [6.45, 7) is 0.118. The Morgan fingerprint density at radius 1 is 1.31 bits per heavy atom. The van der Waals surface area contributed by atoms with Crippen molar-refractivity contribution in [3.05, 3.63) is 35.3 Å². The van der Waals surface area contributed by atoms with Gasteiger partial charge in [-0.2, -0.15) is 12.7 Å². The minimum atomic E-state index is -4.66. The van der Waals surface area contributed by atoms with Gasteiger partial charge in [-0.1, -0.05) is 3.89 Å². The van der Waals surface area contributed by atoms with Crippen LogP contribution in [0.25, 0.3) is 10.6 Å². The number of aromatic nitrogens is 1. The fourth-order valence-corrected chi connectivity index (χ4v) is 4.19. The number of methoxy groups -OCH3 is 1. The molecule has 1 aliphatic heterocycles. The lowest BCUT2D eigenvalue weighted by molar-refractivity contribution is 0.0927. The summed E-state index contributed by atoms with van der Waals surface area (Å²) >= 11 is 1.27. The summed E-state index contributed by atoms with van der Waals surface area (Å²) in [5.41, 5.74) is 0.885. The first-order valence-electron chi connectivity index (χ1n) is 7.97. The average molecular weight is 399 g/mol. The number of carbonyl (C=O) groups is 1. The van der Waals surface area contributed by atoms with Crippen LogP contribution in [0.3, 0.4) is 0 Å². The van der Waals surface area contributed by atoms with Gasteiger partial charge in [-0.15, -0.1) is 11.3 Å². The van der Waals surface area contributed by atoms with Crippen LogP contribution in [0.1, 0.15) is 22.5 Å². The molecule has 1 aromatic heterocycles. The molecule has 1 amide bonds. The van der Waals surface area contributed by atoms with Crippen LogP contribution >= 0.6 is 11.3 Å². The number of nitrogens with one attached hydrogen (secondary N) is 1. The number of rotatable bonds is 5. The SMILES string of the molecule is COc1ccc(-c2ncc(C(=O)NC3CCN(S(=O)(=O)F)CC3)s2)cc1. The minimum Gasteiger partial charge on any atom is -0.497 e. The lowest BCUT2D eigenvalue weighted by atomic mass is 10.1.